The molecule has 0 spiro atoms. The molecule has 4 rings (SSSR count). The summed E-state index contributed by atoms with van der Waals surface area (Å²) in [6.45, 7) is 1.58. The Balaban J connectivity index is 1.20. The third-order valence-corrected chi connectivity index (χ3v) is 5.12. The van der Waals surface area contributed by atoms with Gasteiger partial charge < -0.3 is 24.7 Å². The van der Waals surface area contributed by atoms with Gasteiger partial charge in [-0.3, -0.25) is 9.59 Å². The lowest BCUT2D eigenvalue weighted by atomic mass is 10.0. The zero-order valence-corrected chi connectivity index (χ0v) is 17.8. The first-order chi connectivity index (χ1) is 15.7. The van der Waals surface area contributed by atoms with Crippen molar-refractivity contribution in [3.63, 3.8) is 0 Å². The van der Waals surface area contributed by atoms with Crippen LogP contribution in [0.2, 0.25) is 0 Å². The maximum Gasteiger partial charge on any atom is 0.224 e. The number of carbonyl (C=O) groups excluding carboxylic acids is 2. The maximum absolute atomic E-state index is 12.4. The van der Waals surface area contributed by atoms with Crippen molar-refractivity contribution in [3.8, 4) is 11.5 Å². The Morgan fingerprint density at radius 2 is 2.03 bits per heavy atom. The monoisotopic (exact) mass is 434 g/mol. The van der Waals surface area contributed by atoms with E-state index < -0.39 is 0 Å². The highest BCUT2D eigenvalue weighted by Gasteiger charge is 2.15. The number of rotatable bonds is 10. The van der Waals surface area contributed by atoms with Crippen molar-refractivity contribution < 1.29 is 19.1 Å². The van der Waals surface area contributed by atoms with Gasteiger partial charge in [-0.1, -0.05) is 12.1 Å². The van der Waals surface area contributed by atoms with Crippen molar-refractivity contribution >= 4 is 23.2 Å². The number of carbonyl (C=O) groups is 2. The molecule has 2 amide bonds. The molecule has 2 heterocycles. The molecule has 1 aromatic heterocycles. The summed E-state index contributed by atoms with van der Waals surface area (Å²) in [6.07, 6.45) is 7.47. The zero-order chi connectivity index (χ0) is 22.2. The Bertz CT molecular complexity index is 1070. The zero-order valence-electron chi connectivity index (χ0n) is 17.8. The molecule has 2 aromatic carbocycles. The molecule has 2 N–H and O–H groups in total. The second-order valence-electron chi connectivity index (χ2n) is 7.51. The summed E-state index contributed by atoms with van der Waals surface area (Å²) in [5.74, 6) is 1.34. The van der Waals surface area contributed by atoms with E-state index >= 15 is 0 Å². The largest absolute Gasteiger partial charge is 0.494 e. The van der Waals surface area contributed by atoms with Crippen molar-refractivity contribution in [2.24, 2.45) is 0 Å². The van der Waals surface area contributed by atoms with Gasteiger partial charge in [-0.25, -0.2) is 4.98 Å². The van der Waals surface area contributed by atoms with Crippen LogP contribution in [0.15, 0.2) is 61.2 Å². The van der Waals surface area contributed by atoms with Crippen LogP contribution in [0.25, 0.3) is 0 Å². The standard InChI is InChI=1S/C24H26N4O4/c29-23(6-3-14-31-19-8-9-20-18(16-19)7-10-24(30)26-20)27-21-4-1-2-5-22(21)32-15-13-28-12-11-25-17-28/h1-2,4-5,8-9,11-12,16-17H,3,6-7,10,13-15H2,(H,26,30)(H,27,29). The van der Waals surface area contributed by atoms with Crippen molar-refractivity contribution in [1.29, 1.82) is 0 Å². The number of aryl methyl sites for hydroxylation is 1. The fourth-order valence-electron chi connectivity index (χ4n) is 3.46. The minimum Gasteiger partial charge on any atom is -0.494 e. The Hall–Kier alpha value is -3.81. The van der Waals surface area contributed by atoms with E-state index in [1.165, 1.54) is 0 Å². The van der Waals surface area contributed by atoms with E-state index in [4.69, 9.17) is 9.47 Å². The Labute approximate surface area is 186 Å². The first-order valence-electron chi connectivity index (χ1n) is 10.7. The van der Waals surface area contributed by atoms with Crippen molar-refractivity contribution in [1.82, 2.24) is 9.55 Å². The van der Waals surface area contributed by atoms with Gasteiger partial charge in [0, 0.05) is 30.9 Å². The van der Waals surface area contributed by atoms with Crippen LogP contribution in [0.3, 0.4) is 0 Å². The number of hydrogen-bond donors (Lipinski definition) is 2. The Morgan fingerprint density at radius 3 is 2.91 bits per heavy atom. The predicted molar refractivity (Wildman–Crippen MR) is 121 cm³/mol. The molecule has 1 aliphatic rings. The van der Waals surface area contributed by atoms with E-state index in [1.807, 2.05) is 53.2 Å². The molecule has 0 bridgehead atoms. The normalized spacial score (nSPS) is 12.6. The van der Waals surface area contributed by atoms with E-state index in [-0.39, 0.29) is 11.8 Å². The number of fused-ring (bicyclic) bond motifs is 1. The summed E-state index contributed by atoms with van der Waals surface area (Å²) >= 11 is 0. The fraction of sp³-hybridized carbons (Fsp3) is 0.292. The van der Waals surface area contributed by atoms with E-state index in [2.05, 4.69) is 15.6 Å². The highest BCUT2D eigenvalue weighted by atomic mass is 16.5. The topological polar surface area (TPSA) is 94.5 Å². The molecule has 0 atom stereocenters. The van der Waals surface area contributed by atoms with Gasteiger partial charge in [0.1, 0.15) is 18.1 Å². The summed E-state index contributed by atoms with van der Waals surface area (Å²) in [6, 6.07) is 13.0. The Morgan fingerprint density at radius 1 is 1.12 bits per heavy atom. The number of ether oxygens (including phenoxy) is 2. The number of nitrogens with one attached hydrogen (secondary N) is 2. The third-order valence-electron chi connectivity index (χ3n) is 5.12. The quantitative estimate of drug-likeness (QED) is 0.475. The van der Waals surface area contributed by atoms with E-state index in [0.717, 1.165) is 17.0 Å². The van der Waals surface area contributed by atoms with Gasteiger partial charge >= 0.3 is 0 Å². The van der Waals surface area contributed by atoms with Crippen LogP contribution < -0.4 is 20.1 Å². The van der Waals surface area contributed by atoms with Gasteiger partial charge in [-0.15, -0.1) is 0 Å². The van der Waals surface area contributed by atoms with Crippen LogP contribution in [0.1, 0.15) is 24.8 Å². The van der Waals surface area contributed by atoms with Gasteiger partial charge in [0.25, 0.3) is 0 Å². The summed E-state index contributed by atoms with van der Waals surface area (Å²) in [5, 5.41) is 5.77. The highest BCUT2D eigenvalue weighted by molar-refractivity contribution is 5.94. The number of aromatic nitrogens is 2. The summed E-state index contributed by atoms with van der Waals surface area (Å²) in [5.41, 5.74) is 2.57. The molecule has 1 aliphatic heterocycles. The lowest BCUT2D eigenvalue weighted by Gasteiger charge is -2.17. The first kappa shape index (κ1) is 21.4. The lowest BCUT2D eigenvalue weighted by Crippen LogP contribution is -2.18. The molecular weight excluding hydrogens is 408 g/mol. The maximum atomic E-state index is 12.4. The van der Waals surface area contributed by atoms with Crippen LogP contribution in [-0.4, -0.2) is 34.6 Å². The Kier molecular flexibility index (Phi) is 7.01. The SMILES string of the molecule is O=C1CCc2cc(OCCCC(=O)Nc3ccccc3OCCn3ccnc3)ccc2N1. The number of anilines is 2. The molecule has 0 saturated heterocycles. The second kappa shape index (κ2) is 10.5. The number of amides is 2. The average Bonchev–Trinajstić information content (AvgIpc) is 3.31. The van der Waals surface area contributed by atoms with Crippen molar-refractivity contribution in [2.45, 2.75) is 32.2 Å². The van der Waals surface area contributed by atoms with Crippen LogP contribution in [0.4, 0.5) is 11.4 Å². The minimum atomic E-state index is -0.0904. The van der Waals surface area contributed by atoms with E-state index in [0.29, 0.717) is 56.9 Å². The third kappa shape index (κ3) is 5.87. The van der Waals surface area contributed by atoms with Gasteiger partial charge in [-0.05, 0) is 48.7 Å². The van der Waals surface area contributed by atoms with Gasteiger partial charge in [0.05, 0.1) is 25.2 Å². The van der Waals surface area contributed by atoms with Crippen LogP contribution in [0, 0.1) is 0 Å². The summed E-state index contributed by atoms with van der Waals surface area (Å²) < 4.78 is 13.5. The molecule has 8 nitrogen and oxygen atoms in total. The fourth-order valence-corrected chi connectivity index (χ4v) is 3.46. The molecule has 166 valence electrons. The second-order valence-corrected chi connectivity index (χ2v) is 7.51. The van der Waals surface area contributed by atoms with Gasteiger partial charge in [-0.2, -0.15) is 0 Å². The van der Waals surface area contributed by atoms with E-state index in [9.17, 15) is 9.59 Å². The predicted octanol–water partition coefficient (Wildman–Crippen LogP) is 3.64. The molecule has 0 saturated carbocycles. The molecule has 0 radical (unpaired) electrons. The number of hydrogen-bond acceptors (Lipinski definition) is 5. The lowest BCUT2D eigenvalue weighted by molar-refractivity contribution is -0.117. The van der Waals surface area contributed by atoms with Crippen LogP contribution >= 0.6 is 0 Å². The van der Waals surface area contributed by atoms with Crippen LogP contribution in [-0.2, 0) is 22.6 Å². The number of imidazole rings is 1. The molecule has 0 fully saturated rings. The average molecular weight is 434 g/mol. The van der Waals surface area contributed by atoms with Crippen molar-refractivity contribution in [3.05, 3.63) is 66.7 Å². The van der Waals surface area contributed by atoms with Gasteiger partial charge in [0.2, 0.25) is 11.8 Å². The molecule has 3 aromatic rings. The van der Waals surface area contributed by atoms with E-state index in [1.54, 1.807) is 12.5 Å². The minimum absolute atomic E-state index is 0.0438. The molecule has 32 heavy (non-hydrogen) atoms. The molecular formula is C24H26N4O4. The first-order valence-corrected chi connectivity index (χ1v) is 10.7. The van der Waals surface area contributed by atoms with Crippen molar-refractivity contribution in [2.75, 3.05) is 23.8 Å². The number of benzene rings is 2. The summed E-state index contributed by atoms with van der Waals surface area (Å²) in [7, 11) is 0. The summed E-state index contributed by atoms with van der Waals surface area (Å²) in [4.78, 5) is 27.8. The molecule has 0 unspecified atom stereocenters. The smallest absolute Gasteiger partial charge is 0.224 e. The molecule has 0 aliphatic carbocycles. The molecule has 8 heteroatoms. The van der Waals surface area contributed by atoms with Gasteiger partial charge in [0.15, 0.2) is 0 Å². The number of nitrogens with zero attached hydrogens (tertiary/aromatic N) is 2. The number of para-hydroxylation sites is 2. The van der Waals surface area contributed by atoms with Crippen LogP contribution in [0.5, 0.6) is 11.5 Å². The highest BCUT2D eigenvalue weighted by Crippen LogP contribution is 2.27.